The Morgan fingerprint density at radius 1 is 1.00 bits per heavy atom. The average molecular weight is 399 g/mol. The predicted molar refractivity (Wildman–Crippen MR) is 107 cm³/mol. The van der Waals surface area contributed by atoms with Crippen molar-refractivity contribution in [2.45, 2.75) is 19.1 Å². The van der Waals surface area contributed by atoms with Gasteiger partial charge in [0, 0.05) is 26.8 Å². The Kier molecular flexibility index (Phi) is 7.08. The molecule has 0 spiro atoms. The van der Waals surface area contributed by atoms with Gasteiger partial charge in [-0.1, -0.05) is 36.4 Å². The third-order valence-electron chi connectivity index (χ3n) is 4.92. The van der Waals surface area contributed by atoms with Gasteiger partial charge in [-0.05, 0) is 35.7 Å². The second-order valence-electron chi connectivity index (χ2n) is 6.66. The lowest BCUT2D eigenvalue weighted by Crippen LogP contribution is -2.64. The van der Waals surface area contributed by atoms with E-state index in [1.54, 1.807) is 31.4 Å². The Bertz CT molecular complexity index is 862. The lowest BCUT2D eigenvalue weighted by Gasteiger charge is -2.34. The van der Waals surface area contributed by atoms with E-state index < -0.39 is 23.3 Å². The van der Waals surface area contributed by atoms with Gasteiger partial charge in [0.25, 0.3) is 17.7 Å². The summed E-state index contributed by atoms with van der Waals surface area (Å²) in [7, 11) is 4.31. The molecule has 2 rings (SSSR count). The van der Waals surface area contributed by atoms with Crippen LogP contribution in [0.5, 0.6) is 0 Å². The Labute approximate surface area is 169 Å². The first-order valence-corrected chi connectivity index (χ1v) is 8.92. The van der Waals surface area contributed by atoms with Crippen molar-refractivity contribution in [1.82, 2.24) is 15.7 Å². The van der Waals surface area contributed by atoms with Crippen LogP contribution >= 0.6 is 0 Å². The van der Waals surface area contributed by atoms with Crippen molar-refractivity contribution < 1.29 is 24.3 Å². The molecule has 3 amide bonds. The summed E-state index contributed by atoms with van der Waals surface area (Å²) in [6.45, 7) is 1.79. The topological polar surface area (TPSA) is 108 Å². The second-order valence-corrected chi connectivity index (χ2v) is 6.66. The molecular formula is C21H25N3O5. The van der Waals surface area contributed by atoms with Gasteiger partial charge < -0.3 is 15.0 Å². The van der Waals surface area contributed by atoms with Crippen LogP contribution in [0.2, 0.25) is 0 Å². The normalized spacial score (nSPS) is 12.6. The summed E-state index contributed by atoms with van der Waals surface area (Å²) in [6, 6.07) is 14.7. The zero-order valence-electron chi connectivity index (χ0n) is 16.9. The van der Waals surface area contributed by atoms with Crippen molar-refractivity contribution in [3.8, 4) is 11.1 Å². The predicted octanol–water partition coefficient (Wildman–Crippen LogP) is 1.58. The van der Waals surface area contributed by atoms with Crippen molar-refractivity contribution in [2.24, 2.45) is 0 Å². The maximum absolute atomic E-state index is 12.9. The van der Waals surface area contributed by atoms with Crippen molar-refractivity contribution in [2.75, 3.05) is 21.2 Å². The molecule has 154 valence electrons. The molecule has 0 radical (unpaired) electrons. The molecule has 1 atom stereocenters. The maximum atomic E-state index is 12.9. The Morgan fingerprint density at radius 3 is 1.97 bits per heavy atom. The van der Waals surface area contributed by atoms with E-state index in [0.29, 0.717) is 12.2 Å². The summed E-state index contributed by atoms with van der Waals surface area (Å²) < 4.78 is 5.10. The highest BCUT2D eigenvalue weighted by atomic mass is 16.5. The van der Waals surface area contributed by atoms with Gasteiger partial charge in [-0.3, -0.25) is 19.6 Å². The summed E-state index contributed by atoms with van der Waals surface area (Å²) in [4.78, 5) is 38.2. The van der Waals surface area contributed by atoms with Gasteiger partial charge in [0.1, 0.15) is 0 Å². The van der Waals surface area contributed by atoms with E-state index in [0.717, 1.165) is 21.6 Å². The number of hydroxylamine groups is 1. The lowest BCUT2D eigenvalue weighted by molar-refractivity contribution is -0.148. The first kappa shape index (κ1) is 22.1. The van der Waals surface area contributed by atoms with Crippen LogP contribution in [0.15, 0.2) is 48.5 Å². The molecule has 8 nitrogen and oxygen atoms in total. The number of likely N-dealkylation sites (N-methyl/N-ethyl adjacent to an activating group) is 2. The third-order valence-corrected chi connectivity index (χ3v) is 4.92. The molecule has 0 aliphatic rings. The summed E-state index contributed by atoms with van der Waals surface area (Å²) in [6.07, 6.45) is 0. The SMILES string of the molecule is CNC(=O)[C@@](C)(C(=O)NO)N(C)C(=O)c1ccc(-c2ccc(COC)cc2)cc1. The molecule has 0 heterocycles. The lowest BCUT2D eigenvalue weighted by atomic mass is 9.96. The average Bonchev–Trinajstić information content (AvgIpc) is 2.77. The van der Waals surface area contributed by atoms with Gasteiger partial charge in [-0.2, -0.15) is 0 Å². The van der Waals surface area contributed by atoms with Gasteiger partial charge in [0.15, 0.2) is 5.54 Å². The first-order chi connectivity index (χ1) is 13.8. The summed E-state index contributed by atoms with van der Waals surface area (Å²) in [5.41, 5.74) is 2.78. The van der Waals surface area contributed by atoms with Crippen molar-refractivity contribution in [1.29, 1.82) is 0 Å². The van der Waals surface area contributed by atoms with Crippen LogP contribution in [-0.4, -0.2) is 54.6 Å². The molecule has 0 aliphatic carbocycles. The second kappa shape index (κ2) is 9.31. The smallest absolute Gasteiger partial charge is 0.278 e. The number of methoxy groups -OCH3 is 1. The molecule has 0 aromatic heterocycles. The molecule has 29 heavy (non-hydrogen) atoms. The Balaban J connectivity index is 2.26. The van der Waals surface area contributed by atoms with Gasteiger partial charge in [-0.15, -0.1) is 0 Å². The number of carbonyl (C=O) groups excluding carboxylic acids is 3. The van der Waals surface area contributed by atoms with Crippen LogP contribution in [0.3, 0.4) is 0 Å². The molecule has 3 N–H and O–H groups in total. The highest BCUT2D eigenvalue weighted by Crippen LogP contribution is 2.23. The number of ether oxygens (including phenoxy) is 1. The first-order valence-electron chi connectivity index (χ1n) is 8.92. The fourth-order valence-electron chi connectivity index (χ4n) is 2.92. The molecular weight excluding hydrogens is 374 g/mol. The van der Waals surface area contributed by atoms with Gasteiger partial charge in [-0.25, -0.2) is 5.48 Å². The molecule has 2 aromatic rings. The molecule has 0 saturated carbocycles. The van der Waals surface area contributed by atoms with E-state index in [9.17, 15) is 14.4 Å². The summed E-state index contributed by atoms with van der Waals surface area (Å²) in [5, 5.41) is 11.3. The maximum Gasteiger partial charge on any atom is 0.278 e. The molecule has 2 aromatic carbocycles. The van der Waals surface area contributed by atoms with E-state index in [1.807, 2.05) is 24.3 Å². The van der Waals surface area contributed by atoms with Gasteiger partial charge in [0.2, 0.25) is 0 Å². The molecule has 0 fully saturated rings. The van der Waals surface area contributed by atoms with E-state index in [-0.39, 0.29) is 0 Å². The number of rotatable bonds is 7. The minimum Gasteiger partial charge on any atom is -0.380 e. The van der Waals surface area contributed by atoms with Gasteiger partial charge in [0.05, 0.1) is 6.61 Å². The number of nitrogens with zero attached hydrogens (tertiary/aromatic N) is 1. The third kappa shape index (κ3) is 4.44. The van der Waals surface area contributed by atoms with Gasteiger partial charge >= 0.3 is 0 Å². The zero-order valence-corrected chi connectivity index (χ0v) is 16.9. The number of carbonyl (C=O) groups is 3. The Hall–Kier alpha value is -3.23. The van der Waals surface area contributed by atoms with Crippen molar-refractivity contribution >= 4 is 17.7 Å². The van der Waals surface area contributed by atoms with Crippen LogP contribution in [0.1, 0.15) is 22.8 Å². The highest BCUT2D eigenvalue weighted by Gasteiger charge is 2.47. The van der Waals surface area contributed by atoms with Crippen LogP contribution < -0.4 is 10.8 Å². The van der Waals surface area contributed by atoms with Crippen LogP contribution in [-0.2, 0) is 20.9 Å². The standard InChI is InChI=1S/C21H25N3O5/c1-21(19(26)22-2,20(27)23-28)24(3)18(25)17-11-9-16(10-12-17)15-7-5-14(6-8-15)13-29-4/h5-12,28H,13H2,1-4H3,(H,22,26)(H,23,27)/t21-/m0/s1. The minimum atomic E-state index is -1.92. The number of nitrogens with one attached hydrogen (secondary N) is 2. The fraction of sp³-hybridized carbons (Fsp3) is 0.286. The number of hydrogen-bond donors (Lipinski definition) is 3. The Morgan fingerprint density at radius 2 is 1.52 bits per heavy atom. The molecule has 0 saturated heterocycles. The zero-order chi connectivity index (χ0) is 21.6. The minimum absolute atomic E-state index is 0.299. The highest BCUT2D eigenvalue weighted by molar-refractivity contribution is 6.12. The van der Waals surface area contributed by atoms with Crippen LogP contribution in [0.25, 0.3) is 11.1 Å². The number of benzene rings is 2. The molecule has 0 bridgehead atoms. The van der Waals surface area contributed by atoms with E-state index in [1.165, 1.54) is 26.5 Å². The number of hydrogen-bond acceptors (Lipinski definition) is 5. The number of amides is 3. The molecule has 0 aliphatic heterocycles. The summed E-state index contributed by atoms with van der Waals surface area (Å²) >= 11 is 0. The van der Waals surface area contributed by atoms with Crippen LogP contribution in [0, 0.1) is 0 Å². The van der Waals surface area contributed by atoms with E-state index in [4.69, 9.17) is 9.94 Å². The molecule has 0 unspecified atom stereocenters. The largest absolute Gasteiger partial charge is 0.380 e. The summed E-state index contributed by atoms with van der Waals surface area (Å²) in [5.74, 6) is -2.28. The monoisotopic (exact) mass is 399 g/mol. The van der Waals surface area contributed by atoms with Crippen molar-refractivity contribution in [3.05, 3.63) is 59.7 Å². The quantitative estimate of drug-likeness (QED) is 0.372. The fourth-order valence-corrected chi connectivity index (χ4v) is 2.92. The van der Waals surface area contributed by atoms with Crippen molar-refractivity contribution in [3.63, 3.8) is 0 Å². The van der Waals surface area contributed by atoms with E-state index in [2.05, 4.69) is 5.32 Å². The van der Waals surface area contributed by atoms with E-state index >= 15 is 0 Å². The van der Waals surface area contributed by atoms with Crippen LogP contribution in [0.4, 0.5) is 0 Å². The molecule has 8 heteroatoms.